The maximum Gasteiger partial charge on any atom is 0.110 e. The van der Waals surface area contributed by atoms with Crippen molar-refractivity contribution in [2.75, 3.05) is 13.6 Å². The number of imidazole rings is 1. The van der Waals surface area contributed by atoms with Gasteiger partial charge in [0.15, 0.2) is 0 Å². The molecule has 2 aromatic heterocycles. The van der Waals surface area contributed by atoms with Crippen molar-refractivity contribution < 1.29 is 0 Å². The van der Waals surface area contributed by atoms with Gasteiger partial charge in [-0.15, -0.1) is 0 Å². The van der Waals surface area contributed by atoms with Crippen molar-refractivity contribution in [1.29, 1.82) is 0 Å². The molecule has 0 saturated heterocycles. The van der Waals surface area contributed by atoms with Crippen LogP contribution in [0.25, 0.3) is 5.52 Å². The Labute approximate surface area is 83.8 Å². The van der Waals surface area contributed by atoms with E-state index < -0.39 is 0 Å². The number of aryl methyl sites for hydroxylation is 1. The third kappa shape index (κ3) is 1.51. The molecule has 3 nitrogen and oxygen atoms in total. The van der Waals surface area contributed by atoms with Crippen LogP contribution in [0.3, 0.4) is 0 Å². The van der Waals surface area contributed by atoms with Crippen LogP contribution in [0.1, 0.15) is 11.5 Å². The monoisotopic (exact) mass is 189 g/mol. The number of fused-ring (bicyclic) bond motifs is 1. The van der Waals surface area contributed by atoms with E-state index in [1.165, 1.54) is 11.2 Å². The fourth-order valence-electron chi connectivity index (χ4n) is 1.69. The lowest BCUT2D eigenvalue weighted by Crippen LogP contribution is -2.10. The van der Waals surface area contributed by atoms with Gasteiger partial charge in [-0.25, -0.2) is 4.98 Å². The van der Waals surface area contributed by atoms with Crippen LogP contribution >= 0.6 is 0 Å². The van der Waals surface area contributed by atoms with Crippen LogP contribution in [0.15, 0.2) is 24.4 Å². The van der Waals surface area contributed by atoms with Crippen molar-refractivity contribution >= 4 is 5.52 Å². The minimum absolute atomic E-state index is 0.973. The van der Waals surface area contributed by atoms with Gasteiger partial charge in [-0.3, -0.25) is 0 Å². The first-order valence-corrected chi connectivity index (χ1v) is 4.90. The summed E-state index contributed by atoms with van der Waals surface area (Å²) >= 11 is 0. The highest BCUT2D eigenvalue weighted by atomic mass is 15.0. The van der Waals surface area contributed by atoms with E-state index in [4.69, 9.17) is 0 Å². The largest absolute Gasteiger partial charge is 0.319 e. The van der Waals surface area contributed by atoms with E-state index in [0.717, 1.165) is 18.8 Å². The van der Waals surface area contributed by atoms with Gasteiger partial charge in [0.2, 0.25) is 0 Å². The topological polar surface area (TPSA) is 29.3 Å². The van der Waals surface area contributed by atoms with Crippen LogP contribution in [-0.4, -0.2) is 23.0 Å². The highest BCUT2D eigenvalue weighted by Gasteiger charge is 2.05. The predicted molar refractivity (Wildman–Crippen MR) is 57.6 cm³/mol. The van der Waals surface area contributed by atoms with Gasteiger partial charge >= 0.3 is 0 Å². The normalized spacial score (nSPS) is 11.0. The molecule has 0 unspecified atom stereocenters. The number of nitrogens with zero attached hydrogens (tertiary/aromatic N) is 2. The second kappa shape index (κ2) is 3.80. The lowest BCUT2D eigenvalue weighted by Gasteiger charge is -1.97. The molecule has 0 aliphatic rings. The van der Waals surface area contributed by atoms with Gasteiger partial charge in [0.1, 0.15) is 5.82 Å². The zero-order valence-corrected chi connectivity index (χ0v) is 8.62. The molecule has 1 N–H and O–H groups in total. The van der Waals surface area contributed by atoms with E-state index in [2.05, 4.69) is 33.0 Å². The number of aromatic nitrogens is 2. The Balaban J connectivity index is 2.44. The minimum Gasteiger partial charge on any atom is -0.319 e. The molecule has 0 saturated carbocycles. The van der Waals surface area contributed by atoms with Crippen molar-refractivity contribution in [3.8, 4) is 0 Å². The third-order valence-corrected chi connectivity index (χ3v) is 2.41. The summed E-state index contributed by atoms with van der Waals surface area (Å²) < 4.78 is 2.13. The molecule has 0 aromatic carbocycles. The number of pyridine rings is 1. The molecule has 0 amide bonds. The quantitative estimate of drug-likeness (QED) is 0.791. The first-order valence-electron chi connectivity index (χ1n) is 4.90. The molecule has 0 spiro atoms. The number of hydrogen-bond acceptors (Lipinski definition) is 2. The SMILES string of the molecule is CNCCc1nc(C)n2ccccc12. The van der Waals surface area contributed by atoms with Gasteiger partial charge in [-0.1, -0.05) is 6.07 Å². The molecule has 0 bridgehead atoms. The zero-order valence-electron chi connectivity index (χ0n) is 8.62. The highest BCUT2D eigenvalue weighted by Crippen LogP contribution is 2.12. The van der Waals surface area contributed by atoms with Gasteiger partial charge in [0, 0.05) is 19.2 Å². The van der Waals surface area contributed by atoms with Gasteiger partial charge in [0.05, 0.1) is 11.2 Å². The van der Waals surface area contributed by atoms with Crippen LogP contribution in [0.2, 0.25) is 0 Å². The van der Waals surface area contributed by atoms with Crippen LogP contribution in [0.4, 0.5) is 0 Å². The Morgan fingerprint density at radius 1 is 1.43 bits per heavy atom. The molecule has 0 aliphatic heterocycles. The van der Waals surface area contributed by atoms with Crippen LogP contribution in [-0.2, 0) is 6.42 Å². The second-order valence-corrected chi connectivity index (χ2v) is 3.42. The third-order valence-electron chi connectivity index (χ3n) is 2.41. The summed E-state index contributed by atoms with van der Waals surface area (Å²) in [5.41, 5.74) is 2.40. The maximum atomic E-state index is 4.55. The van der Waals surface area contributed by atoms with Gasteiger partial charge < -0.3 is 9.72 Å². The maximum absolute atomic E-state index is 4.55. The molecule has 74 valence electrons. The van der Waals surface area contributed by atoms with Crippen LogP contribution in [0, 0.1) is 6.92 Å². The molecule has 0 fully saturated rings. The fourth-order valence-corrected chi connectivity index (χ4v) is 1.69. The average molecular weight is 189 g/mol. The van der Waals surface area contributed by atoms with E-state index in [0.29, 0.717) is 0 Å². The van der Waals surface area contributed by atoms with Gasteiger partial charge in [-0.05, 0) is 26.1 Å². The first kappa shape index (κ1) is 9.21. The van der Waals surface area contributed by atoms with Gasteiger partial charge in [0.25, 0.3) is 0 Å². The Kier molecular flexibility index (Phi) is 2.50. The molecule has 0 radical (unpaired) electrons. The number of rotatable bonds is 3. The summed E-state index contributed by atoms with van der Waals surface area (Å²) in [5, 5.41) is 3.14. The molecule has 14 heavy (non-hydrogen) atoms. The molecule has 3 heteroatoms. The Hall–Kier alpha value is -1.35. The first-order chi connectivity index (χ1) is 6.83. The van der Waals surface area contributed by atoms with Crippen molar-refractivity contribution in [2.24, 2.45) is 0 Å². The predicted octanol–water partition coefficient (Wildman–Crippen LogP) is 1.40. The summed E-state index contributed by atoms with van der Waals surface area (Å²) in [7, 11) is 1.96. The number of nitrogens with one attached hydrogen (secondary N) is 1. The average Bonchev–Trinajstić information content (AvgIpc) is 2.54. The van der Waals surface area contributed by atoms with Crippen molar-refractivity contribution in [3.63, 3.8) is 0 Å². The number of likely N-dealkylation sites (N-methyl/N-ethyl adjacent to an activating group) is 1. The summed E-state index contributed by atoms with van der Waals surface area (Å²) in [6.07, 6.45) is 3.04. The molecular weight excluding hydrogens is 174 g/mol. The summed E-state index contributed by atoms with van der Waals surface area (Å²) in [4.78, 5) is 4.55. The van der Waals surface area contributed by atoms with E-state index >= 15 is 0 Å². The van der Waals surface area contributed by atoms with Crippen LogP contribution in [0.5, 0.6) is 0 Å². The van der Waals surface area contributed by atoms with Gasteiger partial charge in [-0.2, -0.15) is 0 Å². The van der Waals surface area contributed by atoms with E-state index in [1.54, 1.807) is 0 Å². The second-order valence-electron chi connectivity index (χ2n) is 3.42. The molecule has 2 aromatic rings. The standard InChI is InChI=1S/C11H15N3/c1-9-13-10(6-7-12-2)11-5-3-4-8-14(9)11/h3-5,8,12H,6-7H2,1-2H3. The molecular formula is C11H15N3. The smallest absolute Gasteiger partial charge is 0.110 e. The zero-order chi connectivity index (χ0) is 9.97. The summed E-state index contributed by atoms with van der Waals surface area (Å²) in [6.45, 7) is 3.01. The Bertz CT molecular complexity index is 431. The van der Waals surface area contributed by atoms with Crippen molar-refractivity contribution in [3.05, 3.63) is 35.9 Å². The minimum atomic E-state index is 0.973. The summed E-state index contributed by atoms with van der Waals surface area (Å²) in [6, 6.07) is 6.20. The van der Waals surface area contributed by atoms with E-state index in [-0.39, 0.29) is 0 Å². The highest BCUT2D eigenvalue weighted by molar-refractivity contribution is 5.53. The van der Waals surface area contributed by atoms with E-state index in [9.17, 15) is 0 Å². The van der Waals surface area contributed by atoms with E-state index in [1.807, 2.05) is 20.0 Å². The molecule has 2 heterocycles. The Morgan fingerprint density at radius 2 is 2.29 bits per heavy atom. The lowest BCUT2D eigenvalue weighted by molar-refractivity contribution is 0.782. The fraction of sp³-hybridized carbons (Fsp3) is 0.364. The van der Waals surface area contributed by atoms with Crippen molar-refractivity contribution in [1.82, 2.24) is 14.7 Å². The van der Waals surface area contributed by atoms with Crippen molar-refractivity contribution in [2.45, 2.75) is 13.3 Å². The molecule has 2 rings (SSSR count). The molecule has 0 aliphatic carbocycles. The van der Waals surface area contributed by atoms with Crippen LogP contribution < -0.4 is 5.32 Å². The number of hydrogen-bond donors (Lipinski definition) is 1. The molecule has 0 atom stereocenters. The lowest BCUT2D eigenvalue weighted by atomic mass is 10.2. The Morgan fingerprint density at radius 3 is 3.07 bits per heavy atom. The summed E-state index contributed by atoms with van der Waals surface area (Å²) in [5.74, 6) is 1.06.